The summed E-state index contributed by atoms with van der Waals surface area (Å²) < 4.78 is 10.9. The molecule has 0 bridgehead atoms. The maximum absolute atomic E-state index is 12.6. The third kappa shape index (κ3) is 4.32. The van der Waals surface area contributed by atoms with Gasteiger partial charge in [0.2, 0.25) is 5.91 Å². The summed E-state index contributed by atoms with van der Waals surface area (Å²) in [6.07, 6.45) is 0. The number of aromatic nitrogens is 1. The Morgan fingerprint density at radius 3 is 2.54 bits per heavy atom. The topological polar surface area (TPSA) is 72.0 Å². The van der Waals surface area contributed by atoms with E-state index >= 15 is 0 Å². The van der Waals surface area contributed by atoms with Crippen molar-refractivity contribution in [1.82, 2.24) is 14.8 Å². The highest BCUT2D eigenvalue weighted by Gasteiger charge is 2.24. The van der Waals surface area contributed by atoms with Crippen molar-refractivity contribution in [3.05, 3.63) is 40.3 Å². The zero-order chi connectivity index (χ0) is 18.5. The number of methoxy groups -OCH3 is 1. The fourth-order valence-electron chi connectivity index (χ4n) is 2.70. The predicted molar refractivity (Wildman–Crippen MR) is 97.6 cm³/mol. The van der Waals surface area contributed by atoms with Crippen LogP contribution < -0.4 is 9.47 Å². The molecule has 0 N–H and O–H groups in total. The molecule has 2 amide bonds. The third-order valence-electron chi connectivity index (χ3n) is 4.19. The highest BCUT2D eigenvalue weighted by atomic mass is 32.1. The van der Waals surface area contributed by atoms with E-state index in [0.717, 1.165) is 10.8 Å². The first kappa shape index (κ1) is 18.2. The Hall–Kier alpha value is -2.61. The maximum atomic E-state index is 12.6. The number of piperazine rings is 1. The molecule has 0 saturated carbocycles. The number of nitrogens with zero attached hydrogens (tertiary/aromatic N) is 3. The average molecular weight is 375 g/mol. The lowest BCUT2D eigenvalue weighted by Gasteiger charge is -2.33. The van der Waals surface area contributed by atoms with Crippen molar-refractivity contribution in [3.63, 3.8) is 0 Å². The normalized spacial score (nSPS) is 14.2. The number of carbonyl (C=O) groups excluding carboxylic acids is 2. The van der Waals surface area contributed by atoms with Crippen LogP contribution in [0, 0.1) is 0 Å². The zero-order valence-electron chi connectivity index (χ0n) is 14.8. The summed E-state index contributed by atoms with van der Waals surface area (Å²) in [6.45, 7) is 4.04. The summed E-state index contributed by atoms with van der Waals surface area (Å²) >= 11 is 1.40. The van der Waals surface area contributed by atoms with E-state index in [-0.39, 0.29) is 11.8 Å². The monoisotopic (exact) mass is 375 g/mol. The molecule has 1 fully saturated rings. The molecule has 1 aromatic heterocycles. The Kier molecular flexibility index (Phi) is 5.72. The lowest BCUT2D eigenvalue weighted by Crippen LogP contribution is -2.50. The van der Waals surface area contributed by atoms with Crippen molar-refractivity contribution < 1.29 is 19.1 Å². The summed E-state index contributed by atoms with van der Waals surface area (Å²) in [7, 11) is 1.61. The summed E-state index contributed by atoms with van der Waals surface area (Å²) in [5.74, 6) is 1.36. The molecular formula is C18H21N3O4S. The Morgan fingerprint density at radius 1 is 1.15 bits per heavy atom. The van der Waals surface area contributed by atoms with Crippen LogP contribution in [0.25, 0.3) is 0 Å². The average Bonchev–Trinajstić information content (AvgIpc) is 3.15. The van der Waals surface area contributed by atoms with Crippen LogP contribution in [-0.2, 0) is 11.4 Å². The van der Waals surface area contributed by atoms with E-state index < -0.39 is 0 Å². The lowest BCUT2D eigenvalue weighted by atomic mass is 10.3. The molecule has 0 spiro atoms. The lowest BCUT2D eigenvalue weighted by molar-refractivity contribution is -0.130. The second-order valence-electron chi connectivity index (χ2n) is 5.89. The molecule has 0 aliphatic carbocycles. The molecule has 0 atom stereocenters. The highest BCUT2D eigenvalue weighted by Crippen LogP contribution is 2.21. The van der Waals surface area contributed by atoms with Gasteiger partial charge in [-0.05, 0) is 12.1 Å². The van der Waals surface area contributed by atoms with Gasteiger partial charge < -0.3 is 19.3 Å². The summed E-state index contributed by atoms with van der Waals surface area (Å²) in [4.78, 5) is 31.8. The van der Waals surface area contributed by atoms with Crippen molar-refractivity contribution >= 4 is 23.2 Å². The van der Waals surface area contributed by atoms with E-state index in [1.807, 2.05) is 18.2 Å². The van der Waals surface area contributed by atoms with Crippen LogP contribution in [-0.4, -0.2) is 59.9 Å². The molecule has 7 nitrogen and oxygen atoms in total. The molecule has 2 heterocycles. The van der Waals surface area contributed by atoms with Gasteiger partial charge >= 0.3 is 0 Å². The number of hydrogen-bond acceptors (Lipinski definition) is 6. The Morgan fingerprint density at radius 2 is 1.85 bits per heavy atom. The van der Waals surface area contributed by atoms with E-state index in [1.54, 1.807) is 35.3 Å². The fraction of sp³-hybridized carbons (Fsp3) is 0.389. The Labute approximate surface area is 156 Å². The number of thiazole rings is 1. The predicted octanol–water partition coefficient (Wildman–Crippen LogP) is 2.04. The first-order valence-corrected chi connectivity index (χ1v) is 9.21. The van der Waals surface area contributed by atoms with Gasteiger partial charge in [0, 0.05) is 44.5 Å². The van der Waals surface area contributed by atoms with E-state index in [0.29, 0.717) is 44.2 Å². The van der Waals surface area contributed by atoms with Crippen LogP contribution in [0.1, 0.15) is 22.4 Å². The van der Waals surface area contributed by atoms with E-state index in [4.69, 9.17) is 9.47 Å². The summed E-state index contributed by atoms with van der Waals surface area (Å²) in [5.41, 5.74) is 0.426. The molecule has 2 aromatic rings. The van der Waals surface area contributed by atoms with Gasteiger partial charge in [0.1, 0.15) is 28.8 Å². The van der Waals surface area contributed by atoms with E-state index in [2.05, 4.69) is 4.98 Å². The number of hydrogen-bond donors (Lipinski definition) is 0. The minimum absolute atomic E-state index is 0.0442. The molecule has 26 heavy (non-hydrogen) atoms. The van der Waals surface area contributed by atoms with Gasteiger partial charge in [-0.1, -0.05) is 6.07 Å². The minimum atomic E-state index is -0.0999. The molecule has 3 rings (SSSR count). The Balaban J connectivity index is 1.55. The van der Waals surface area contributed by atoms with E-state index in [9.17, 15) is 9.59 Å². The first-order valence-electron chi connectivity index (χ1n) is 8.33. The first-order chi connectivity index (χ1) is 12.6. The summed E-state index contributed by atoms with van der Waals surface area (Å²) in [5, 5.41) is 2.49. The minimum Gasteiger partial charge on any atom is -0.497 e. The number of carbonyl (C=O) groups is 2. The number of rotatable bonds is 5. The van der Waals surface area contributed by atoms with Crippen molar-refractivity contribution in [2.24, 2.45) is 0 Å². The molecule has 0 unspecified atom stereocenters. The van der Waals surface area contributed by atoms with Crippen LogP contribution in [0.4, 0.5) is 0 Å². The SMILES string of the molecule is COc1cccc(OCc2nc(C(=O)N3CCN(C(C)=O)CC3)cs2)c1. The van der Waals surface area contributed by atoms with Crippen LogP contribution in [0.15, 0.2) is 29.6 Å². The molecule has 1 aliphatic heterocycles. The van der Waals surface area contributed by atoms with Crippen LogP contribution in [0.5, 0.6) is 11.5 Å². The molecule has 138 valence electrons. The second kappa shape index (κ2) is 8.18. The van der Waals surface area contributed by atoms with Gasteiger partial charge in [0.05, 0.1) is 7.11 Å². The molecule has 1 aromatic carbocycles. The Bertz CT molecular complexity index is 784. The van der Waals surface area contributed by atoms with Crippen molar-refractivity contribution in [3.8, 4) is 11.5 Å². The summed E-state index contributed by atoms with van der Waals surface area (Å²) in [6, 6.07) is 7.34. The number of benzene rings is 1. The van der Waals surface area contributed by atoms with Crippen molar-refractivity contribution in [2.75, 3.05) is 33.3 Å². The van der Waals surface area contributed by atoms with Crippen molar-refractivity contribution in [2.45, 2.75) is 13.5 Å². The molecule has 0 radical (unpaired) electrons. The highest BCUT2D eigenvalue weighted by molar-refractivity contribution is 7.09. The van der Waals surface area contributed by atoms with Gasteiger partial charge in [0.25, 0.3) is 5.91 Å². The largest absolute Gasteiger partial charge is 0.497 e. The maximum Gasteiger partial charge on any atom is 0.273 e. The van der Waals surface area contributed by atoms with Gasteiger partial charge in [-0.15, -0.1) is 11.3 Å². The quantitative estimate of drug-likeness (QED) is 0.800. The van der Waals surface area contributed by atoms with Crippen LogP contribution >= 0.6 is 11.3 Å². The number of ether oxygens (including phenoxy) is 2. The van der Waals surface area contributed by atoms with Gasteiger partial charge in [-0.2, -0.15) is 0 Å². The van der Waals surface area contributed by atoms with Crippen LogP contribution in [0.2, 0.25) is 0 Å². The number of amides is 2. The zero-order valence-corrected chi connectivity index (χ0v) is 15.6. The molecular weight excluding hydrogens is 354 g/mol. The third-order valence-corrected chi connectivity index (χ3v) is 5.01. The van der Waals surface area contributed by atoms with Crippen LogP contribution in [0.3, 0.4) is 0 Å². The van der Waals surface area contributed by atoms with Gasteiger partial charge in [-0.3, -0.25) is 9.59 Å². The fourth-order valence-corrected chi connectivity index (χ4v) is 3.38. The molecule has 1 saturated heterocycles. The van der Waals surface area contributed by atoms with Crippen molar-refractivity contribution in [1.29, 1.82) is 0 Å². The second-order valence-corrected chi connectivity index (χ2v) is 6.84. The van der Waals surface area contributed by atoms with E-state index in [1.165, 1.54) is 11.3 Å². The standard InChI is InChI=1S/C18H21N3O4S/c1-13(22)20-6-8-21(9-7-20)18(23)16-12-26-17(19-16)11-25-15-5-3-4-14(10-15)24-2/h3-5,10,12H,6-9,11H2,1-2H3. The van der Waals surface area contributed by atoms with Gasteiger partial charge in [-0.25, -0.2) is 4.98 Å². The molecule has 1 aliphatic rings. The van der Waals surface area contributed by atoms with Gasteiger partial charge in [0.15, 0.2) is 0 Å². The smallest absolute Gasteiger partial charge is 0.273 e. The molecule has 8 heteroatoms.